The van der Waals surface area contributed by atoms with Gasteiger partial charge in [0, 0.05) is 23.2 Å². The summed E-state index contributed by atoms with van der Waals surface area (Å²) in [6.07, 6.45) is 3.37. The number of nitrogens with zero attached hydrogens (tertiary/aromatic N) is 2. The first-order valence-electron chi connectivity index (χ1n) is 7.10. The van der Waals surface area contributed by atoms with E-state index < -0.39 is 0 Å². The summed E-state index contributed by atoms with van der Waals surface area (Å²) in [6.45, 7) is 0.0143. The molecular formula is C17H13N3O3. The van der Waals surface area contributed by atoms with Gasteiger partial charge >= 0.3 is 0 Å². The standard InChI is InChI=1S/C17H13N3O3/c1-22-16-5-3-11(7-19-16)10-2-4-13-12(6-10)17-14(8-18-13)20-15(21)9-23-17/h2-8H,9H2,1H3,(H,20,21). The summed E-state index contributed by atoms with van der Waals surface area (Å²) in [5, 5.41) is 3.63. The third kappa shape index (κ3) is 2.34. The molecule has 0 saturated carbocycles. The zero-order chi connectivity index (χ0) is 15.8. The number of aromatic nitrogens is 2. The van der Waals surface area contributed by atoms with Gasteiger partial charge in [0.05, 0.1) is 18.8 Å². The molecule has 1 amide bonds. The molecule has 0 spiro atoms. The van der Waals surface area contributed by atoms with E-state index in [1.54, 1.807) is 19.5 Å². The lowest BCUT2D eigenvalue weighted by molar-refractivity contribution is -0.118. The van der Waals surface area contributed by atoms with Crippen LogP contribution in [0.3, 0.4) is 0 Å². The van der Waals surface area contributed by atoms with E-state index in [4.69, 9.17) is 9.47 Å². The first-order valence-corrected chi connectivity index (χ1v) is 7.10. The number of methoxy groups -OCH3 is 1. The van der Waals surface area contributed by atoms with E-state index in [2.05, 4.69) is 15.3 Å². The highest BCUT2D eigenvalue weighted by Crippen LogP contribution is 2.36. The van der Waals surface area contributed by atoms with E-state index in [9.17, 15) is 4.79 Å². The maximum atomic E-state index is 11.4. The fourth-order valence-corrected chi connectivity index (χ4v) is 2.59. The van der Waals surface area contributed by atoms with Crippen molar-refractivity contribution in [2.45, 2.75) is 0 Å². The number of rotatable bonds is 2. The summed E-state index contributed by atoms with van der Waals surface area (Å²) < 4.78 is 10.7. The van der Waals surface area contributed by atoms with Crippen molar-refractivity contribution < 1.29 is 14.3 Å². The van der Waals surface area contributed by atoms with Gasteiger partial charge in [-0.05, 0) is 23.8 Å². The number of fused-ring (bicyclic) bond motifs is 3. The lowest BCUT2D eigenvalue weighted by Gasteiger charge is -2.19. The maximum Gasteiger partial charge on any atom is 0.262 e. The van der Waals surface area contributed by atoms with Crippen LogP contribution in [0, 0.1) is 0 Å². The van der Waals surface area contributed by atoms with E-state index in [1.165, 1.54) is 0 Å². The maximum absolute atomic E-state index is 11.4. The summed E-state index contributed by atoms with van der Waals surface area (Å²) in [4.78, 5) is 20.0. The molecule has 0 atom stereocenters. The first kappa shape index (κ1) is 13.5. The second kappa shape index (κ2) is 5.24. The van der Waals surface area contributed by atoms with Crippen LogP contribution in [0.1, 0.15) is 0 Å². The number of benzene rings is 1. The van der Waals surface area contributed by atoms with Crippen LogP contribution in [-0.2, 0) is 4.79 Å². The molecule has 23 heavy (non-hydrogen) atoms. The van der Waals surface area contributed by atoms with Crippen molar-refractivity contribution in [3.63, 3.8) is 0 Å². The van der Waals surface area contributed by atoms with E-state index in [0.29, 0.717) is 17.3 Å². The highest BCUT2D eigenvalue weighted by molar-refractivity contribution is 6.01. The van der Waals surface area contributed by atoms with Crippen LogP contribution in [0.2, 0.25) is 0 Å². The topological polar surface area (TPSA) is 73.3 Å². The van der Waals surface area contributed by atoms with Crippen LogP contribution >= 0.6 is 0 Å². The molecular weight excluding hydrogens is 294 g/mol. The first-order chi connectivity index (χ1) is 11.2. The van der Waals surface area contributed by atoms with Gasteiger partial charge in [-0.1, -0.05) is 6.07 Å². The highest BCUT2D eigenvalue weighted by Gasteiger charge is 2.19. The number of nitrogens with one attached hydrogen (secondary N) is 1. The van der Waals surface area contributed by atoms with Gasteiger partial charge in [-0.15, -0.1) is 0 Å². The number of carbonyl (C=O) groups is 1. The summed E-state index contributed by atoms with van der Waals surface area (Å²) in [5.41, 5.74) is 3.36. The quantitative estimate of drug-likeness (QED) is 0.788. The number of carbonyl (C=O) groups excluding carboxylic acids is 1. The molecule has 1 aromatic carbocycles. The molecule has 6 heteroatoms. The Kier molecular flexibility index (Phi) is 3.08. The molecule has 6 nitrogen and oxygen atoms in total. The molecule has 3 heterocycles. The molecule has 0 saturated heterocycles. The lowest BCUT2D eigenvalue weighted by atomic mass is 10.0. The van der Waals surface area contributed by atoms with Gasteiger partial charge in [-0.2, -0.15) is 0 Å². The Balaban J connectivity index is 1.84. The molecule has 4 rings (SSSR count). The monoisotopic (exact) mass is 307 g/mol. The Morgan fingerprint density at radius 1 is 1.13 bits per heavy atom. The predicted molar refractivity (Wildman–Crippen MR) is 85.7 cm³/mol. The van der Waals surface area contributed by atoms with Gasteiger partial charge in [0.25, 0.3) is 5.91 Å². The van der Waals surface area contributed by atoms with Crippen molar-refractivity contribution in [2.24, 2.45) is 0 Å². The molecule has 0 fully saturated rings. The molecule has 114 valence electrons. The largest absolute Gasteiger partial charge is 0.481 e. The van der Waals surface area contributed by atoms with Crippen molar-refractivity contribution in [1.82, 2.24) is 9.97 Å². The van der Waals surface area contributed by atoms with Gasteiger partial charge in [0.2, 0.25) is 5.88 Å². The summed E-state index contributed by atoms with van der Waals surface area (Å²) in [6, 6.07) is 9.65. The van der Waals surface area contributed by atoms with Crippen molar-refractivity contribution in [1.29, 1.82) is 0 Å². The smallest absolute Gasteiger partial charge is 0.262 e. The van der Waals surface area contributed by atoms with Gasteiger partial charge in [-0.25, -0.2) is 4.98 Å². The third-order valence-corrected chi connectivity index (χ3v) is 3.72. The van der Waals surface area contributed by atoms with Crippen LogP contribution in [0.15, 0.2) is 42.7 Å². The molecule has 0 aliphatic carbocycles. The van der Waals surface area contributed by atoms with Crippen molar-refractivity contribution in [3.8, 4) is 22.8 Å². The summed E-state index contributed by atoms with van der Waals surface area (Å²) in [5.74, 6) is 1.05. The Hall–Kier alpha value is -3.15. The average molecular weight is 307 g/mol. The molecule has 0 bridgehead atoms. The minimum atomic E-state index is -0.172. The normalized spacial score (nSPS) is 13.2. The van der Waals surface area contributed by atoms with Gasteiger partial charge in [0.1, 0.15) is 5.69 Å². The van der Waals surface area contributed by atoms with Crippen molar-refractivity contribution >= 4 is 22.5 Å². The van der Waals surface area contributed by atoms with Crippen LogP contribution < -0.4 is 14.8 Å². The van der Waals surface area contributed by atoms with Crippen LogP contribution in [-0.4, -0.2) is 29.6 Å². The van der Waals surface area contributed by atoms with Crippen LogP contribution in [0.5, 0.6) is 11.6 Å². The lowest BCUT2D eigenvalue weighted by Crippen LogP contribution is -2.25. The van der Waals surface area contributed by atoms with Gasteiger partial charge < -0.3 is 14.8 Å². The second-order valence-electron chi connectivity index (χ2n) is 5.16. The van der Waals surface area contributed by atoms with E-state index in [-0.39, 0.29) is 12.5 Å². The Bertz CT molecular complexity index is 907. The molecule has 0 radical (unpaired) electrons. The minimum absolute atomic E-state index is 0.0143. The van der Waals surface area contributed by atoms with E-state index >= 15 is 0 Å². The Morgan fingerprint density at radius 3 is 2.78 bits per heavy atom. The SMILES string of the molecule is COc1ccc(-c2ccc3ncc4c(c3c2)OCC(=O)N4)cn1. The Morgan fingerprint density at radius 2 is 2.00 bits per heavy atom. The molecule has 1 aliphatic rings. The molecule has 1 aliphatic heterocycles. The van der Waals surface area contributed by atoms with Crippen LogP contribution in [0.25, 0.3) is 22.0 Å². The number of hydrogen-bond donors (Lipinski definition) is 1. The van der Waals surface area contributed by atoms with Crippen LogP contribution in [0.4, 0.5) is 5.69 Å². The number of amides is 1. The van der Waals surface area contributed by atoms with E-state index in [1.807, 2.05) is 30.3 Å². The summed E-state index contributed by atoms with van der Waals surface area (Å²) >= 11 is 0. The van der Waals surface area contributed by atoms with Crippen molar-refractivity contribution in [2.75, 3.05) is 19.0 Å². The Labute approximate surface area is 132 Å². The molecule has 1 N–H and O–H groups in total. The molecule has 3 aromatic rings. The van der Waals surface area contributed by atoms with E-state index in [0.717, 1.165) is 22.0 Å². The molecule has 0 unspecified atom stereocenters. The number of hydrogen-bond acceptors (Lipinski definition) is 5. The summed E-state index contributed by atoms with van der Waals surface area (Å²) in [7, 11) is 1.58. The molecule has 2 aromatic heterocycles. The number of anilines is 1. The minimum Gasteiger partial charge on any atom is -0.481 e. The zero-order valence-electron chi connectivity index (χ0n) is 12.4. The van der Waals surface area contributed by atoms with Crippen molar-refractivity contribution in [3.05, 3.63) is 42.7 Å². The second-order valence-corrected chi connectivity index (χ2v) is 5.16. The number of ether oxygens (including phenoxy) is 2. The average Bonchev–Trinajstić information content (AvgIpc) is 2.61. The predicted octanol–water partition coefficient (Wildman–Crippen LogP) is 2.64. The fourth-order valence-electron chi connectivity index (χ4n) is 2.59. The number of pyridine rings is 2. The zero-order valence-corrected chi connectivity index (χ0v) is 12.4. The van der Waals surface area contributed by atoms with Gasteiger partial charge in [-0.3, -0.25) is 9.78 Å². The highest BCUT2D eigenvalue weighted by atomic mass is 16.5. The van der Waals surface area contributed by atoms with Gasteiger partial charge in [0.15, 0.2) is 12.4 Å². The fraction of sp³-hybridized carbons (Fsp3) is 0.118. The third-order valence-electron chi connectivity index (χ3n) is 3.72.